The number of halogens is 4. The van der Waals surface area contributed by atoms with Crippen LogP contribution in [-0.4, -0.2) is 86.3 Å². The molecule has 1 aliphatic carbocycles. The predicted octanol–water partition coefficient (Wildman–Crippen LogP) is 0.745. The maximum atomic E-state index is 14.9. The fraction of sp³-hybridized carbons (Fsp3) is 0.524. The summed E-state index contributed by atoms with van der Waals surface area (Å²) >= 11 is 0. The number of ether oxygens (including phenoxy) is 1. The highest BCUT2D eigenvalue weighted by Crippen LogP contribution is 2.47. The van der Waals surface area contributed by atoms with E-state index in [4.69, 9.17) is 4.84 Å². The molecule has 0 radical (unpaired) electrons. The summed E-state index contributed by atoms with van der Waals surface area (Å²) in [7, 11) is 0. The smallest absolute Gasteiger partial charge is 0.319 e. The van der Waals surface area contributed by atoms with Gasteiger partial charge in [-0.1, -0.05) is 0 Å². The van der Waals surface area contributed by atoms with Crippen LogP contribution in [0.5, 0.6) is 0 Å². The van der Waals surface area contributed by atoms with Gasteiger partial charge < -0.3 is 25.4 Å². The molecular weight excluding hydrogens is 496 g/mol. The first-order valence-corrected chi connectivity index (χ1v) is 10.9. The van der Waals surface area contributed by atoms with Crippen molar-refractivity contribution in [2.45, 2.75) is 25.4 Å². The Labute approximate surface area is 202 Å². The highest BCUT2D eigenvalue weighted by Gasteiger charge is 2.59. The SMILES string of the molecule is O=CO[C@@H](CNC(=O)C(F)F)CNc1cc(F)c(N2CCON(C(=O)C3(C(=O)O)CC3)CC2)c(F)c1. The van der Waals surface area contributed by atoms with Gasteiger partial charge in [0.2, 0.25) is 0 Å². The molecular formula is C21H24F4N4O7. The zero-order valence-electron chi connectivity index (χ0n) is 18.8. The van der Waals surface area contributed by atoms with Gasteiger partial charge in [0.25, 0.3) is 18.3 Å². The van der Waals surface area contributed by atoms with Crippen molar-refractivity contribution in [1.82, 2.24) is 10.4 Å². The van der Waals surface area contributed by atoms with Crippen molar-refractivity contribution in [2.75, 3.05) is 49.5 Å². The quantitative estimate of drug-likeness (QED) is 0.219. The van der Waals surface area contributed by atoms with Crippen molar-refractivity contribution in [2.24, 2.45) is 5.41 Å². The maximum absolute atomic E-state index is 14.9. The Hall–Kier alpha value is -3.62. The number of carboxylic acids is 1. The Kier molecular flexibility index (Phi) is 8.55. The molecule has 1 aliphatic heterocycles. The second kappa shape index (κ2) is 11.4. The third-order valence-electron chi connectivity index (χ3n) is 5.79. The van der Waals surface area contributed by atoms with Crippen molar-refractivity contribution in [3.8, 4) is 0 Å². The number of hydrogen-bond acceptors (Lipinski definition) is 8. The van der Waals surface area contributed by atoms with Gasteiger partial charge in [0, 0.05) is 18.8 Å². The molecule has 2 amide bonds. The number of rotatable bonds is 11. The van der Waals surface area contributed by atoms with E-state index >= 15 is 0 Å². The molecule has 1 atom stereocenters. The van der Waals surface area contributed by atoms with E-state index in [0.29, 0.717) is 0 Å². The minimum Gasteiger partial charge on any atom is -0.480 e. The first-order valence-electron chi connectivity index (χ1n) is 10.9. The lowest BCUT2D eigenvalue weighted by molar-refractivity contribution is -0.191. The van der Waals surface area contributed by atoms with Crippen LogP contribution < -0.4 is 15.5 Å². The van der Waals surface area contributed by atoms with E-state index in [1.54, 1.807) is 0 Å². The zero-order chi connectivity index (χ0) is 26.5. The lowest BCUT2D eigenvalue weighted by Gasteiger charge is -2.25. The number of alkyl halides is 2. The summed E-state index contributed by atoms with van der Waals surface area (Å²) in [6.07, 6.45) is -3.96. The van der Waals surface area contributed by atoms with E-state index in [9.17, 15) is 41.8 Å². The second-order valence-corrected chi connectivity index (χ2v) is 8.18. The summed E-state index contributed by atoms with van der Waals surface area (Å²) in [5.41, 5.74) is -1.94. The maximum Gasteiger partial charge on any atom is 0.319 e. The summed E-state index contributed by atoms with van der Waals surface area (Å²) in [6, 6.07) is 1.93. The fourth-order valence-corrected chi connectivity index (χ4v) is 3.66. The van der Waals surface area contributed by atoms with Crippen molar-refractivity contribution in [3.05, 3.63) is 23.8 Å². The van der Waals surface area contributed by atoms with Crippen molar-refractivity contribution < 1.29 is 51.4 Å². The third-order valence-corrected chi connectivity index (χ3v) is 5.79. The number of nitrogens with one attached hydrogen (secondary N) is 2. The van der Waals surface area contributed by atoms with E-state index in [0.717, 1.165) is 17.2 Å². The Bertz CT molecular complexity index is 985. The second-order valence-electron chi connectivity index (χ2n) is 8.18. The summed E-state index contributed by atoms with van der Waals surface area (Å²) in [5.74, 6) is -5.42. The molecule has 15 heteroatoms. The van der Waals surface area contributed by atoms with Gasteiger partial charge in [-0.3, -0.25) is 24.0 Å². The number of hydrogen-bond donors (Lipinski definition) is 3. The molecule has 11 nitrogen and oxygen atoms in total. The number of carboxylic acid groups (broad SMARTS) is 1. The summed E-state index contributed by atoms with van der Waals surface area (Å²) in [4.78, 5) is 52.2. The lowest BCUT2D eigenvalue weighted by Crippen LogP contribution is -2.42. The summed E-state index contributed by atoms with van der Waals surface area (Å²) in [5, 5.41) is 14.7. The molecule has 3 rings (SSSR count). The molecule has 198 valence electrons. The van der Waals surface area contributed by atoms with Gasteiger partial charge in [0.1, 0.15) is 17.2 Å². The van der Waals surface area contributed by atoms with E-state index in [1.165, 1.54) is 4.90 Å². The number of amides is 2. The van der Waals surface area contributed by atoms with Gasteiger partial charge in [-0.05, 0) is 25.0 Å². The number of benzene rings is 1. The monoisotopic (exact) mass is 520 g/mol. The van der Waals surface area contributed by atoms with Crippen LogP contribution in [0.2, 0.25) is 0 Å². The molecule has 0 spiro atoms. The molecule has 36 heavy (non-hydrogen) atoms. The molecule has 0 aromatic heterocycles. The third kappa shape index (κ3) is 6.13. The molecule has 2 aliphatic rings. The molecule has 1 heterocycles. The first kappa shape index (κ1) is 27.0. The standard InChI is InChI=1S/C21H24F4N4O7/c22-14-7-12(26-9-13(35-11-30)10-27-18(31)17(24)25)8-15(23)16(14)28-3-4-29(36-6-5-28)19(32)21(1-2-21)20(33)34/h7-8,11,13,17,26H,1-6,9-10H2,(H,27,31)(H,33,34)/t13-/m1/s1. The Morgan fingerprint density at radius 1 is 1.14 bits per heavy atom. The van der Waals surface area contributed by atoms with Crippen molar-refractivity contribution >= 4 is 35.6 Å². The molecule has 0 unspecified atom stereocenters. The number of carbonyl (C=O) groups is 4. The van der Waals surface area contributed by atoms with Crippen LogP contribution in [0.3, 0.4) is 0 Å². The molecule has 1 aromatic rings. The van der Waals surface area contributed by atoms with Gasteiger partial charge in [0.15, 0.2) is 11.6 Å². The highest BCUT2D eigenvalue weighted by molar-refractivity contribution is 6.04. The summed E-state index contributed by atoms with van der Waals surface area (Å²) < 4.78 is 59.0. The predicted molar refractivity (Wildman–Crippen MR) is 114 cm³/mol. The lowest BCUT2D eigenvalue weighted by atomic mass is 10.1. The van der Waals surface area contributed by atoms with Gasteiger partial charge in [-0.25, -0.2) is 13.8 Å². The Balaban J connectivity index is 1.62. The van der Waals surface area contributed by atoms with E-state index in [2.05, 4.69) is 10.1 Å². The molecule has 1 saturated carbocycles. The van der Waals surface area contributed by atoms with Crippen LogP contribution in [0.4, 0.5) is 28.9 Å². The zero-order valence-corrected chi connectivity index (χ0v) is 18.8. The van der Waals surface area contributed by atoms with Gasteiger partial charge in [-0.15, -0.1) is 0 Å². The van der Waals surface area contributed by atoms with E-state index in [-0.39, 0.29) is 63.5 Å². The van der Waals surface area contributed by atoms with E-state index in [1.807, 2.05) is 5.32 Å². The minimum absolute atomic E-state index is 0.0174. The number of hydroxylamine groups is 2. The van der Waals surface area contributed by atoms with Gasteiger partial charge in [0.05, 0.1) is 26.2 Å². The number of nitrogens with zero attached hydrogens (tertiary/aromatic N) is 2. The van der Waals surface area contributed by atoms with Crippen LogP contribution >= 0.6 is 0 Å². The Morgan fingerprint density at radius 3 is 2.36 bits per heavy atom. The largest absolute Gasteiger partial charge is 0.480 e. The molecule has 1 saturated heterocycles. The van der Waals surface area contributed by atoms with Crippen LogP contribution in [0, 0.1) is 17.0 Å². The molecule has 2 fully saturated rings. The topological polar surface area (TPSA) is 138 Å². The fourth-order valence-electron chi connectivity index (χ4n) is 3.66. The van der Waals surface area contributed by atoms with E-state index < -0.39 is 53.9 Å². The van der Waals surface area contributed by atoms with Crippen molar-refractivity contribution in [1.29, 1.82) is 0 Å². The minimum atomic E-state index is -3.26. The van der Waals surface area contributed by atoms with Crippen LogP contribution in [0.1, 0.15) is 12.8 Å². The molecule has 0 bridgehead atoms. The van der Waals surface area contributed by atoms with Gasteiger partial charge in [-0.2, -0.15) is 8.78 Å². The number of carbonyl (C=O) groups excluding carboxylic acids is 3. The number of anilines is 2. The summed E-state index contributed by atoms with van der Waals surface area (Å²) in [6.45, 7) is -0.894. The van der Waals surface area contributed by atoms with Crippen molar-refractivity contribution in [3.63, 3.8) is 0 Å². The average Bonchev–Trinajstić information content (AvgIpc) is 3.65. The molecule has 1 aromatic carbocycles. The first-order chi connectivity index (χ1) is 17.1. The normalized spacial score (nSPS) is 17.7. The highest BCUT2D eigenvalue weighted by atomic mass is 19.3. The van der Waals surface area contributed by atoms with Crippen LogP contribution in [-0.2, 0) is 28.8 Å². The number of aliphatic carboxylic acids is 1. The average molecular weight is 520 g/mol. The van der Waals surface area contributed by atoms with Gasteiger partial charge >= 0.3 is 12.4 Å². The van der Waals surface area contributed by atoms with Crippen LogP contribution in [0.25, 0.3) is 0 Å². The Morgan fingerprint density at radius 2 is 1.81 bits per heavy atom. The van der Waals surface area contributed by atoms with Crippen LogP contribution in [0.15, 0.2) is 12.1 Å². The molecule has 3 N–H and O–H groups in total.